The molecule has 1 aromatic carbocycles. The molecule has 0 bridgehead atoms. The first-order chi connectivity index (χ1) is 12.9. The van der Waals surface area contributed by atoms with E-state index in [1.54, 1.807) is 12.3 Å². The van der Waals surface area contributed by atoms with Gasteiger partial charge in [-0.2, -0.15) is 0 Å². The predicted molar refractivity (Wildman–Crippen MR) is 109 cm³/mol. The average molecular weight is 408 g/mol. The van der Waals surface area contributed by atoms with Gasteiger partial charge in [-0.1, -0.05) is 43.1 Å². The second-order valence-electron chi connectivity index (χ2n) is 6.97. The predicted octanol–water partition coefficient (Wildman–Crippen LogP) is 4.39. The number of amides is 1. The fourth-order valence-electron chi connectivity index (χ4n) is 2.93. The van der Waals surface area contributed by atoms with Crippen LogP contribution in [-0.4, -0.2) is 48.6 Å². The molecule has 0 unspecified atom stereocenters. The van der Waals surface area contributed by atoms with Gasteiger partial charge in [-0.05, 0) is 30.2 Å². The van der Waals surface area contributed by atoms with Gasteiger partial charge >= 0.3 is 0 Å². The Morgan fingerprint density at radius 3 is 2.59 bits per heavy atom. The number of benzene rings is 1. The summed E-state index contributed by atoms with van der Waals surface area (Å²) in [5, 5.41) is 1.04. The molecule has 27 heavy (non-hydrogen) atoms. The number of hydrogen-bond donors (Lipinski definition) is 0. The molecule has 1 aliphatic rings. The molecule has 5 nitrogen and oxygen atoms in total. The number of carbonyl (C=O) groups is 1. The molecule has 0 spiro atoms. The molecule has 1 aromatic heterocycles. The maximum Gasteiger partial charge on any atom is 0.254 e. The van der Waals surface area contributed by atoms with Gasteiger partial charge in [-0.15, -0.1) is 0 Å². The van der Waals surface area contributed by atoms with Crippen molar-refractivity contribution in [2.75, 3.05) is 37.7 Å². The first-order valence-corrected chi connectivity index (χ1v) is 9.78. The smallest absolute Gasteiger partial charge is 0.254 e. The van der Waals surface area contributed by atoms with Crippen LogP contribution in [0.3, 0.4) is 0 Å². The molecule has 7 heteroatoms. The highest BCUT2D eigenvalue weighted by atomic mass is 35.5. The first-order valence-electron chi connectivity index (χ1n) is 9.02. The highest BCUT2D eigenvalue weighted by Gasteiger charge is 2.24. The van der Waals surface area contributed by atoms with Gasteiger partial charge in [0.25, 0.3) is 5.91 Å². The number of aromatic nitrogens is 1. The van der Waals surface area contributed by atoms with E-state index in [1.807, 2.05) is 29.2 Å². The third-order valence-electron chi connectivity index (χ3n) is 4.32. The van der Waals surface area contributed by atoms with E-state index >= 15 is 0 Å². The number of ether oxygens (including phenoxy) is 1. The zero-order valence-corrected chi connectivity index (χ0v) is 17.0. The second kappa shape index (κ2) is 8.81. The van der Waals surface area contributed by atoms with Crippen LogP contribution in [0.25, 0.3) is 0 Å². The highest BCUT2D eigenvalue weighted by Crippen LogP contribution is 2.27. The van der Waals surface area contributed by atoms with E-state index in [1.165, 1.54) is 0 Å². The second-order valence-corrected chi connectivity index (χ2v) is 7.81. The van der Waals surface area contributed by atoms with E-state index < -0.39 is 0 Å². The molecular formula is C20H23Cl2N3O2. The van der Waals surface area contributed by atoms with Crippen LogP contribution >= 0.6 is 23.2 Å². The summed E-state index contributed by atoms with van der Waals surface area (Å²) in [6.07, 6.45) is 1.59. The molecule has 1 aliphatic heterocycles. The van der Waals surface area contributed by atoms with Gasteiger partial charge in [-0.25, -0.2) is 4.98 Å². The lowest BCUT2D eigenvalue weighted by Crippen LogP contribution is -2.49. The molecule has 3 rings (SSSR count). The van der Waals surface area contributed by atoms with Crippen LogP contribution in [-0.2, 0) is 0 Å². The molecule has 0 aliphatic carbocycles. The first kappa shape index (κ1) is 19.8. The maximum atomic E-state index is 12.8. The minimum absolute atomic E-state index is 0.0137. The zero-order chi connectivity index (χ0) is 19.4. The van der Waals surface area contributed by atoms with Crippen molar-refractivity contribution in [3.63, 3.8) is 0 Å². The summed E-state index contributed by atoms with van der Waals surface area (Å²) in [4.78, 5) is 21.1. The Kier molecular flexibility index (Phi) is 6.45. The molecule has 2 aromatic rings. The molecular weight excluding hydrogens is 385 g/mol. The minimum Gasteiger partial charge on any atom is -0.493 e. The monoisotopic (exact) mass is 407 g/mol. The number of pyridine rings is 1. The normalized spacial score (nSPS) is 14.6. The number of carbonyl (C=O) groups excluding carboxylic acids is 1. The molecule has 0 N–H and O–H groups in total. The van der Waals surface area contributed by atoms with Crippen molar-refractivity contribution in [3.05, 3.63) is 52.1 Å². The van der Waals surface area contributed by atoms with Crippen molar-refractivity contribution in [1.82, 2.24) is 9.88 Å². The lowest BCUT2D eigenvalue weighted by molar-refractivity contribution is 0.0746. The van der Waals surface area contributed by atoms with Gasteiger partial charge < -0.3 is 14.5 Å². The van der Waals surface area contributed by atoms with E-state index in [9.17, 15) is 4.79 Å². The Morgan fingerprint density at radius 1 is 1.19 bits per heavy atom. The van der Waals surface area contributed by atoms with Crippen LogP contribution in [0, 0.1) is 5.92 Å². The molecule has 0 saturated carbocycles. The standard InChI is InChI=1S/C20H23Cl2N3O2/c1-14(2)13-27-17-5-3-4-15(10-17)20(26)25-8-6-24(7-9-25)19-18(22)11-16(21)12-23-19/h3-5,10-12,14H,6-9,13H2,1-2H3. The van der Waals surface area contributed by atoms with Crippen LogP contribution in [0.1, 0.15) is 24.2 Å². The Labute approximate surface area is 169 Å². The number of rotatable bonds is 5. The van der Waals surface area contributed by atoms with E-state index in [4.69, 9.17) is 27.9 Å². The van der Waals surface area contributed by atoms with Gasteiger partial charge in [-0.3, -0.25) is 4.79 Å². The quantitative estimate of drug-likeness (QED) is 0.737. The third kappa shape index (κ3) is 5.05. The zero-order valence-electron chi connectivity index (χ0n) is 15.5. The Hall–Kier alpha value is -1.98. The molecule has 1 amide bonds. The number of piperazine rings is 1. The lowest BCUT2D eigenvalue weighted by Gasteiger charge is -2.35. The van der Waals surface area contributed by atoms with Crippen LogP contribution in [0.2, 0.25) is 10.0 Å². The summed E-state index contributed by atoms with van der Waals surface area (Å²) in [5.74, 6) is 1.88. The van der Waals surface area contributed by atoms with Crippen LogP contribution in [0.5, 0.6) is 5.75 Å². The number of anilines is 1. The summed E-state index contributed by atoms with van der Waals surface area (Å²) in [7, 11) is 0. The lowest BCUT2D eigenvalue weighted by atomic mass is 10.1. The van der Waals surface area contributed by atoms with E-state index in [0.717, 1.165) is 5.75 Å². The van der Waals surface area contributed by atoms with Crippen molar-refractivity contribution >= 4 is 34.9 Å². The fourth-order valence-corrected chi connectivity index (χ4v) is 3.43. The van der Waals surface area contributed by atoms with Gasteiger partial charge in [0.1, 0.15) is 11.6 Å². The Balaban J connectivity index is 1.62. The van der Waals surface area contributed by atoms with Crippen molar-refractivity contribution < 1.29 is 9.53 Å². The van der Waals surface area contributed by atoms with Crippen LogP contribution in [0.4, 0.5) is 5.82 Å². The van der Waals surface area contributed by atoms with Gasteiger partial charge in [0.05, 0.1) is 16.7 Å². The topological polar surface area (TPSA) is 45.7 Å². The van der Waals surface area contributed by atoms with Gasteiger partial charge in [0.2, 0.25) is 0 Å². The van der Waals surface area contributed by atoms with Gasteiger partial charge in [0.15, 0.2) is 0 Å². The molecule has 1 saturated heterocycles. The Bertz CT molecular complexity index is 806. The van der Waals surface area contributed by atoms with Crippen molar-refractivity contribution in [2.45, 2.75) is 13.8 Å². The summed E-state index contributed by atoms with van der Waals surface area (Å²) < 4.78 is 5.73. The largest absolute Gasteiger partial charge is 0.493 e. The van der Waals surface area contributed by atoms with E-state index in [2.05, 4.69) is 23.7 Å². The number of halogens is 2. The van der Waals surface area contributed by atoms with E-state index in [-0.39, 0.29) is 5.91 Å². The average Bonchev–Trinajstić information content (AvgIpc) is 2.66. The van der Waals surface area contributed by atoms with Crippen molar-refractivity contribution in [3.8, 4) is 5.75 Å². The number of nitrogens with zero attached hydrogens (tertiary/aromatic N) is 3. The summed E-state index contributed by atoms with van der Waals surface area (Å²) in [6, 6.07) is 9.07. The summed E-state index contributed by atoms with van der Waals surface area (Å²) in [6.45, 7) is 7.37. The molecule has 0 atom stereocenters. The van der Waals surface area contributed by atoms with Gasteiger partial charge in [0, 0.05) is 37.9 Å². The third-order valence-corrected chi connectivity index (χ3v) is 4.80. The van der Waals surface area contributed by atoms with Crippen molar-refractivity contribution in [1.29, 1.82) is 0 Å². The fraction of sp³-hybridized carbons (Fsp3) is 0.400. The molecule has 2 heterocycles. The van der Waals surface area contributed by atoms with Crippen molar-refractivity contribution in [2.24, 2.45) is 5.92 Å². The minimum atomic E-state index is 0.0137. The molecule has 1 fully saturated rings. The number of hydrogen-bond acceptors (Lipinski definition) is 4. The SMILES string of the molecule is CC(C)COc1cccc(C(=O)N2CCN(c3ncc(Cl)cc3Cl)CC2)c1. The molecule has 144 valence electrons. The summed E-state index contributed by atoms with van der Waals surface area (Å²) in [5.41, 5.74) is 0.646. The van der Waals surface area contributed by atoms with Crippen LogP contribution < -0.4 is 9.64 Å². The van der Waals surface area contributed by atoms with Crippen LogP contribution in [0.15, 0.2) is 36.5 Å². The highest BCUT2D eigenvalue weighted by molar-refractivity contribution is 6.36. The van der Waals surface area contributed by atoms with E-state index in [0.29, 0.717) is 60.1 Å². The molecule has 0 radical (unpaired) electrons. The Morgan fingerprint density at radius 2 is 1.93 bits per heavy atom. The maximum absolute atomic E-state index is 12.8. The summed E-state index contributed by atoms with van der Waals surface area (Å²) >= 11 is 12.2.